The summed E-state index contributed by atoms with van der Waals surface area (Å²) in [5.41, 5.74) is 2.65. The van der Waals surface area contributed by atoms with Crippen molar-refractivity contribution in [2.75, 3.05) is 0 Å². The first-order valence-electron chi connectivity index (χ1n) is 8.49. The molecule has 0 aliphatic carbocycles. The van der Waals surface area contributed by atoms with Crippen LogP contribution in [0.5, 0.6) is 5.75 Å². The summed E-state index contributed by atoms with van der Waals surface area (Å²) in [4.78, 5) is 16.6. The van der Waals surface area contributed by atoms with E-state index >= 15 is 0 Å². The van der Waals surface area contributed by atoms with Gasteiger partial charge in [-0.25, -0.2) is 4.98 Å². The molecule has 136 valence electrons. The fourth-order valence-electron chi connectivity index (χ4n) is 2.52. The molecule has 0 spiro atoms. The van der Waals surface area contributed by atoms with Gasteiger partial charge in [0, 0.05) is 11.1 Å². The summed E-state index contributed by atoms with van der Waals surface area (Å²) in [5, 5.41) is 11.9. The van der Waals surface area contributed by atoms with E-state index in [9.17, 15) is 4.79 Å². The number of nitriles is 1. The zero-order valence-corrected chi connectivity index (χ0v) is 15.2. The molecule has 27 heavy (non-hydrogen) atoms. The Morgan fingerprint density at radius 3 is 2.78 bits per heavy atom. The molecule has 0 saturated carbocycles. The normalized spacial score (nSPS) is 10.3. The Morgan fingerprint density at radius 1 is 1.22 bits per heavy atom. The zero-order chi connectivity index (χ0) is 19.2. The van der Waals surface area contributed by atoms with Gasteiger partial charge in [-0.15, -0.1) is 0 Å². The topological polar surface area (TPSA) is 88.1 Å². The molecule has 0 radical (unpaired) electrons. The van der Waals surface area contributed by atoms with Crippen molar-refractivity contribution in [1.82, 2.24) is 10.3 Å². The monoisotopic (exact) mass is 361 g/mol. The van der Waals surface area contributed by atoms with Crippen LogP contribution in [-0.2, 0) is 13.2 Å². The van der Waals surface area contributed by atoms with Crippen molar-refractivity contribution in [2.45, 2.75) is 27.0 Å². The summed E-state index contributed by atoms with van der Waals surface area (Å²) in [6.07, 6.45) is 0. The first-order valence-corrected chi connectivity index (χ1v) is 8.49. The minimum absolute atomic E-state index is 0.216. The smallest absolute Gasteiger partial charge is 0.251 e. The SMILES string of the molecule is Cc1nc(CNC(=O)c2cccc(OCc3ccccc3C#N)c2)oc1C. The standard InChI is InChI=1S/C21H19N3O3/c1-14-15(2)27-20(24-14)12-23-21(25)16-8-5-9-19(10-16)26-13-18-7-4-3-6-17(18)11-22/h3-10H,12-13H2,1-2H3,(H,23,25). The van der Waals surface area contributed by atoms with Crippen LogP contribution in [0.4, 0.5) is 0 Å². The Morgan fingerprint density at radius 2 is 2.04 bits per heavy atom. The highest BCUT2D eigenvalue weighted by Crippen LogP contribution is 2.17. The number of rotatable bonds is 6. The Hall–Kier alpha value is -3.59. The average Bonchev–Trinajstić information content (AvgIpc) is 3.02. The van der Waals surface area contributed by atoms with Gasteiger partial charge in [0.05, 0.1) is 23.9 Å². The van der Waals surface area contributed by atoms with E-state index in [1.165, 1.54) is 0 Å². The van der Waals surface area contributed by atoms with Crippen LogP contribution in [0.1, 0.15) is 38.8 Å². The van der Waals surface area contributed by atoms with Crippen LogP contribution in [0.3, 0.4) is 0 Å². The van der Waals surface area contributed by atoms with E-state index in [0.29, 0.717) is 22.8 Å². The number of nitrogens with one attached hydrogen (secondary N) is 1. The number of aromatic nitrogens is 1. The van der Waals surface area contributed by atoms with Crippen LogP contribution in [0.25, 0.3) is 0 Å². The predicted molar refractivity (Wildman–Crippen MR) is 99.1 cm³/mol. The van der Waals surface area contributed by atoms with Crippen LogP contribution in [0, 0.1) is 25.2 Å². The number of aryl methyl sites for hydroxylation is 2. The van der Waals surface area contributed by atoms with Crippen LogP contribution < -0.4 is 10.1 Å². The lowest BCUT2D eigenvalue weighted by atomic mass is 10.1. The highest BCUT2D eigenvalue weighted by molar-refractivity contribution is 5.94. The number of hydrogen-bond acceptors (Lipinski definition) is 5. The van der Waals surface area contributed by atoms with Gasteiger partial charge in [-0.3, -0.25) is 4.79 Å². The number of nitrogens with zero attached hydrogens (tertiary/aromatic N) is 2. The third-order valence-electron chi connectivity index (χ3n) is 4.10. The molecule has 1 N–H and O–H groups in total. The Bertz CT molecular complexity index is 982. The second-order valence-electron chi connectivity index (χ2n) is 6.02. The molecule has 6 nitrogen and oxygen atoms in total. The molecule has 3 rings (SSSR count). The van der Waals surface area contributed by atoms with Crippen LogP contribution in [-0.4, -0.2) is 10.9 Å². The maximum absolute atomic E-state index is 12.4. The summed E-state index contributed by atoms with van der Waals surface area (Å²) in [7, 11) is 0. The quantitative estimate of drug-likeness (QED) is 0.724. The van der Waals surface area contributed by atoms with E-state index in [0.717, 1.165) is 17.0 Å². The largest absolute Gasteiger partial charge is 0.489 e. The molecule has 0 unspecified atom stereocenters. The Kier molecular flexibility index (Phi) is 5.53. The first kappa shape index (κ1) is 18.2. The van der Waals surface area contributed by atoms with Crippen molar-refractivity contribution in [2.24, 2.45) is 0 Å². The molecule has 6 heteroatoms. The fourth-order valence-corrected chi connectivity index (χ4v) is 2.52. The van der Waals surface area contributed by atoms with Gasteiger partial charge in [0.2, 0.25) is 5.89 Å². The van der Waals surface area contributed by atoms with Gasteiger partial charge in [0.25, 0.3) is 5.91 Å². The van der Waals surface area contributed by atoms with E-state index in [2.05, 4.69) is 16.4 Å². The molecule has 0 aliphatic rings. The van der Waals surface area contributed by atoms with Crippen molar-refractivity contribution in [3.63, 3.8) is 0 Å². The lowest BCUT2D eigenvalue weighted by molar-refractivity contribution is 0.0946. The van der Waals surface area contributed by atoms with Gasteiger partial charge in [0.1, 0.15) is 18.1 Å². The summed E-state index contributed by atoms with van der Waals surface area (Å²) in [5.74, 6) is 1.52. The average molecular weight is 361 g/mol. The summed E-state index contributed by atoms with van der Waals surface area (Å²) in [6.45, 7) is 4.16. The molecule has 0 aliphatic heterocycles. The molecule has 2 aromatic carbocycles. The lowest BCUT2D eigenvalue weighted by Gasteiger charge is -2.09. The van der Waals surface area contributed by atoms with Gasteiger partial charge in [-0.05, 0) is 38.1 Å². The number of ether oxygens (including phenoxy) is 1. The van der Waals surface area contributed by atoms with E-state index in [1.807, 2.05) is 32.0 Å². The van der Waals surface area contributed by atoms with Crippen LogP contribution in [0.15, 0.2) is 52.9 Å². The van der Waals surface area contributed by atoms with Gasteiger partial charge < -0.3 is 14.5 Å². The second kappa shape index (κ2) is 8.19. The van der Waals surface area contributed by atoms with Gasteiger partial charge >= 0.3 is 0 Å². The van der Waals surface area contributed by atoms with E-state index in [1.54, 1.807) is 30.3 Å². The van der Waals surface area contributed by atoms with Gasteiger partial charge in [-0.2, -0.15) is 5.26 Å². The minimum atomic E-state index is -0.244. The third kappa shape index (κ3) is 4.53. The predicted octanol–water partition coefficient (Wildman–Crippen LogP) is 3.67. The highest BCUT2D eigenvalue weighted by atomic mass is 16.5. The Balaban J connectivity index is 1.62. The molecular weight excluding hydrogens is 342 g/mol. The summed E-state index contributed by atoms with van der Waals surface area (Å²) >= 11 is 0. The minimum Gasteiger partial charge on any atom is -0.489 e. The maximum Gasteiger partial charge on any atom is 0.251 e. The molecule has 0 saturated heterocycles. The van der Waals surface area contributed by atoms with E-state index in [-0.39, 0.29) is 19.1 Å². The summed E-state index contributed by atoms with van der Waals surface area (Å²) in [6, 6.07) is 16.3. The second-order valence-corrected chi connectivity index (χ2v) is 6.02. The molecule has 0 bridgehead atoms. The maximum atomic E-state index is 12.4. The first-order chi connectivity index (χ1) is 13.1. The lowest BCUT2D eigenvalue weighted by Crippen LogP contribution is -2.22. The van der Waals surface area contributed by atoms with Crippen LogP contribution in [0.2, 0.25) is 0 Å². The number of carbonyl (C=O) groups is 1. The van der Waals surface area contributed by atoms with Crippen molar-refractivity contribution in [3.05, 3.63) is 82.6 Å². The summed E-state index contributed by atoms with van der Waals surface area (Å²) < 4.78 is 11.2. The fraction of sp³-hybridized carbons (Fsp3) is 0.190. The molecule has 0 fully saturated rings. The Labute approximate surface area is 157 Å². The molecule has 1 heterocycles. The number of oxazole rings is 1. The van der Waals surface area contributed by atoms with Crippen LogP contribution >= 0.6 is 0 Å². The number of carbonyl (C=O) groups excluding carboxylic acids is 1. The van der Waals surface area contributed by atoms with Crippen molar-refractivity contribution >= 4 is 5.91 Å². The molecular formula is C21H19N3O3. The van der Waals surface area contributed by atoms with Crippen molar-refractivity contribution in [1.29, 1.82) is 5.26 Å². The van der Waals surface area contributed by atoms with Crippen molar-refractivity contribution < 1.29 is 13.9 Å². The van der Waals surface area contributed by atoms with Gasteiger partial charge in [-0.1, -0.05) is 24.3 Å². The van der Waals surface area contributed by atoms with Crippen molar-refractivity contribution in [3.8, 4) is 11.8 Å². The zero-order valence-electron chi connectivity index (χ0n) is 15.2. The van der Waals surface area contributed by atoms with Gasteiger partial charge in [0.15, 0.2) is 0 Å². The van der Waals surface area contributed by atoms with E-state index < -0.39 is 0 Å². The highest BCUT2D eigenvalue weighted by Gasteiger charge is 2.10. The molecule has 1 aromatic heterocycles. The number of hydrogen-bond donors (Lipinski definition) is 1. The number of amides is 1. The molecule has 1 amide bonds. The molecule has 3 aromatic rings. The van der Waals surface area contributed by atoms with E-state index in [4.69, 9.17) is 14.4 Å². The molecule has 0 atom stereocenters. The third-order valence-corrected chi connectivity index (χ3v) is 4.10. The number of benzene rings is 2.